The Kier molecular flexibility index (Phi) is 4.54. The molecule has 4 nitrogen and oxygen atoms in total. The maximum absolute atomic E-state index is 11.9. The summed E-state index contributed by atoms with van der Waals surface area (Å²) < 4.78 is 0. The minimum atomic E-state index is -2.15. The molecule has 4 N–H and O–H groups in total. The van der Waals surface area contributed by atoms with E-state index in [-0.39, 0.29) is 26.7 Å². The summed E-state index contributed by atoms with van der Waals surface area (Å²) in [5, 5.41) is 20.7. The molecule has 0 aliphatic carbocycles. The first kappa shape index (κ1) is 15.8. The lowest BCUT2D eigenvalue weighted by molar-refractivity contribution is -0.133. The minimum Gasteiger partial charge on any atom is -0.392 e. The molecule has 0 aliphatic heterocycles. The third-order valence-corrected chi connectivity index (χ3v) is 3.73. The van der Waals surface area contributed by atoms with Gasteiger partial charge in [0, 0.05) is 15.6 Å². The van der Waals surface area contributed by atoms with E-state index in [1.165, 1.54) is 12.1 Å². The lowest BCUT2D eigenvalue weighted by atomic mass is 9.83. The van der Waals surface area contributed by atoms with Gasteiger partial charge in [0.2, 0.25) is 0 Å². The van der Waals surface area contributed by atoms with Crippen molar-refractivity contribution in [3.05, 3.63) is 69.2 Å². The van der Waals surface area contributed by atoms with Gasteiger partial charge in [-0.05, 0) is 23.3 Å². The number of hydrogen-bond donors (Lipinski definition) is 3. The van der Waals surface area contributed by atoms with Crippen LogP contribution in [0.3, 0.4) is 0 Å². The van der Waals surface area contributed by atoms with Gasteiger partial charge >= 0.3 is 0 Å². The summed E-state index contributed by atoms with van der Waals surface area (Å²) in [7, 11) is 0. The number of benzene rings is 2. The molecular formula is C15H13Cl2NO3. The summed E-state index contributed by atoms with van der Waals surface area (Å²) in [6.45, 7) is -0.446. The third kappa shape index (κ3) is 2.76. The highest BCUT2D eigenvalue weighted by Crippen LogP contribution is 2.38. The normalized spacial score (nSPS) is 13.7. The zero-order valence-corrected chi connectivity index (χ0v) is 12.4. The molecule has 1 atom stereocenters. The first-order chi connectivity index (χ1) is 9.91. The van der Waals surface area contributed by atoms with Crippen LogP contribution in [0.15, 0.2) is 42.5 Å². The highest BCUT2D eigenvalue weighted by Gasteiger charge is 2.41. The van der Waals surface area contributed by atoms with Crippen LogP contribution in [-0.2, 0) is 17.0 Å². The van der Waals surface area contributed by atoms with Gasteiger partial charge in [-0.25, -0.2) is 0 Å². The molecule has 2 aromatic rings. The molecule has 0 radical (unpaired) electrons. The first-order valence-electron chi connectivity index (χ1n) is 6.08. The fraction of sp³-hybridized carbons (Fsp3) is 0.133. The molecule has 0 spiro atoms. The molecule has 110 valence electrons. The second-order valence-electron chi connectivity index (χ2n) is 4.52. The molecule has 21 heavy (non-hydrogen) atoms. The molecule has 6 heteroatoms. The van der Waals surface area contributed by atoms with Gasteiger partial charge in [0.15, 0.2) is 5.60 Å². The average molecular weight is 326 g/mol. The van der Waals surface area contributed by atoms with Gasteiger partial charge in [-0.15, -0.1) is 0 Å². The van der Waals surface area contributed by atoms with Crippen molar-refractivity contribution >= 4 is 29.1 Å². The highest BCUT2D eigenvalue weighted by molar-refractivity contribution is 6.35. The Labute approximate surface area is 131 Å². The van der Waals surface area contributed by atoms with E-state index in [4.69, 9.17) is 28.9 Å². The van der Waals surface area contributed by atoms with E-state index in [9.17, 15) is 15.0 Å². The number of carbonyl (C=O) groups excluding carboxylic acids is 1. The standard InChI is InChI=1S/C15H13Cl2NO3/c16-11-6-9(8-19)13(12(17)7-11)15(21,14(18)20)10-4-2-1-3-5-10/h1-7,19,21H,8H2,(H2,18,20). The number of halogens is 2. The van der Waals surface area contributed by atoms with E-state index in [0.29, 0.717) is 0 Å². The highest BCUT2D eigenvalue weighted by atomic mass is 35.5. The van der Waals surface area contributed by atoms with Crippen molar-refractivity contribution in [3.8, 4) is 0 Å². The van der Waals surface area contributed by atoms with E-state index >= 15 is 0 Å². The van der Waals surface area contributed by atoms with Gasteiger partial charge < -0.3 is 15.9 Å². The zero-order valence-electron chi connectivity index (χ0n) is 10.9. The van der Waals surface area contributed by atoms with Crippen molar-refractivity contribution in [1.29, 1.82) is 0 Å². The maximum atomic E-state index is 11.9. The summed E-state index contributed by atoms with van der Waals surface area (Å²) in [5.41, 5.74) is 3.78. The number of aliphatic hydroxyl groups excluding tert-OH is 1. The summed E-state index contributed by atoms with van der Waals surface area (Å²) in [4.78, 5) is 11.9. The molecule has 0 heterocycles. The molecule has 0 saturated carbocycles. The van der Waals surface area contributed by atoms with E-state index in [0.717, 1.165) is 0 Å². The monoisotopic (exact) mass is 325 g/mol. The number of nitrogens with two attached hydrogens (primary N) is 1. The largest absolute Gasteiger partial charge is 0.392 e. The van der Waals surface area contributed by atoms with Crippen molar-refractivity contribution < 1.29 is 15.0 Å². The van der Waals surface area contributed by atoms with Crippen LogP contribution in [0.1, 0.15) is 16.7 Å². The Morgan fingerprint density at radius 1 is 1.19 bits per heavy atom. The number of amides is 1. The van der Waals surface area contributed by atoms with Crippen LogP contribution in [0.2, 0.25) is 10.0 Å². The van der Waals surface area contributed by atoms with Crippen LogP contribution >= 0.6 is 23.2 Å². The number of aliphatic hydroxyl groups is 2. The predicted octanol–water partition coefficient (Wildman–Crippen LogP) is 2.21. The number of hydrogen-bond acceptors (Lipinski definition) is 3. The van der Waals surface area contributed by atoms with Crippen LogP contribution in [-0.4, -0.2) is 16.1 Å². The third-order valence-electron chi connectivity index (χ3n) is 3.22. The fourth-order valence-electron chi connectivity index (χ4n) is 2.25. The molecule has 0 bridgehead atoms. The van der Waals surface area contributed by atoms with E-state index in [1.54, 1.807) is 30.3 Å². The second-order valence-corrected chi connectivity index (χ2v) is 5.36. The molecule has 0 fully saturated rings. The molecule has 2 rings (SSSR count). The van der Waals surface area contributed by atoms with Crippen molar-refractivity contribution in [2.24, 2.45) is 5.73 Å². The van der Waals surface area contributed by atoms with E-state index in [2.05, 4.69) is 0 Å². The van der Waals surface area contributed by atoms with Crippen molar-refractivity contribution in [1.82, 2.24) is 0 Å². The molecular weight excluding hydrogens is 313 g/mol. The van der Waals surface area contributed by atoms with Gasteiger partial charge in [0.1, 0.15) is 0 Å². The Morgan fingerprint density at radius 2 is 1.81 bits per heavy atom. The molecule has 0 saturated heterocycles. The molecule has 1 amide bonds. The zero-order chi connectivity index (χ0) is 15.6. The topological polar surface area (TPSA) is 83.6 Å². The summed E-state index contributed by atoms with van der Waals surface area (Å²) in [6.07, 6.45) is 0. The van der Waals surface area contributed by atoms with Crippen LogP contribution in [0.4, 0.5) is 0 Å². The van der Waals surface area contributed by atoms with E-state index in [1.807, 2.05) is 0 Å². The SMILES string of the molecule is NC(=O)C(O)(c1ccccc1)c1c(Cl)cc(Cl)cc1CO. The molecule has 1 unspecified atom stereocenters. The Morgan fingerprint density at radius 3 is 2.33 bits per heavy atom. The maximum Gasteiger partial charge on any atom is 0.258 e. The number of primary amides is 1. The average Bonchev–Trinajstić information content (AvgIpc) is 2.46. The number of carbonyl (C=O) groups is 1. The van der Waals surface area contributed by atoms with Crippen LogP contribution in [0, 0.1) is 0 Å². The van der Waals surface area contributed by atoms with Crippen LogP contribution in [0.25, 0.3) is 0 Å². The smallest absolute Gasteiger partial charge is 0.258 e. The first-order valence-corrected chi connectivity index (χ1v) is 6.84. The Balaban J connectivity index is 2.79. The van der Waals surface area contributed by atoms with Crippen LogP contribution in [0.5, 0.6) is 0 Å². The van der Waals surface area contributed by atoms with Gasteiger partial charge in [-0.2, -0.15) is 0 Å². The lowest BCUT2D eigenvalue weighted by Gasteiger charge is -2.28. The molecule has 2 aromatic carbocycles. The van der Waals surface area contributed by atoms with Gasteiger partial charge in [0.25, 0.3) is 5.91 Å². The van der Waals surface area contributed by atoms with Crippen molar-refractivity contribution in [3.63, 3.8) is 0 Å². The minimum absolute atomic E-state index is 0.0368. The number of rotatable bonds is 4. The van der Waals surface area contributed by atoms with E-state index < -0.39 is 18.1 Å². The second kappa shape index (κ2) is 6.03. The van der Waals surface area contributed by atoms with Crippen molar-refractivity contribution in [2.45, 2.75) is 12.2 Å². The lowest BCUT2D eigenvalue weighted by Crippen LogP contribution is -2.43. The summed E-state index contributed by atoms with van der Waals surface area (Å²) in [6, 6.07) is 11.0. The predicted molar refractivity (Wildman–Crippen MR) is 81.0 cm³/mol. The van der Waals surface area contributed by atoms with Gasteiger partial charge in [-0.3, -0.25) is 4.79 Å². The Bertz CT molecular complexity index is 676. The molecule has 0 aliphatic rings. The molecule has 0 aromatic heterocycles. The fourth-order valence-corrected chi connectivity index (χ4v) is 2.92. The van der Waals surface area contributed by atoms with Crippen molar-refractivity contribution in [2.75, 3.05) is 0 Å². The summed E-state index contributed by atoms with van der Waals surface area (Å²) in [5.74, 6) is -0.993. The van der Waals surface area contributed by atoms with Gasteiger partial charge in [0.05, 0.1) is 6.61 Å². The quantitative estimate of drug-likeness (QED) is 0.805. The summed E-state index contributed by atoms with van der Waals surface area (Å²) >= 11 is 12.0. The van der Waals surface area contributed by atoms with Gasteiger partial charge in [-0.1, -0.05) is 53.5 Å². The Hall–Kier alpha value is -1.59. The van der Waals surface area contributed by atoms with Crippen LogP contribution < -0.4 is 5.73 Å².